The number of rotatable bonds is 8. The lowest BCUT2D eigenvalue weighted by atomic mass is 9.91. The molecule has 0 saturated carbocycles. The van der Waals surface area contributed by atoms with E-state index in [1.807, 2.05) is 61.5 Å². The molecule has 0 aromatic heterocycles. The zero-order valence-electron chi connectivity index (χ0n) is 26.8. The molecular formula is C39H37N2O6P. The Balaban J connectivity index is 1.28. The Morgan fingerprint density at radius 3 is 2.04 bits per heavy atom. The number of carbonyl (C=O) groups is 3. The average molecular weight is 661 g/mol. The molecular weight excluding hydrogens is 623 g/mol. The van der Waals surface area contributed by atoms with E-state index in [9.17, 15) is 28.7 Å². The first-order valence-electron chi connectivity index (χ1n) is 15.9. The zero-order chi connectivity index (χ0) is 34.0. The molecule has 1 heterocycles. The number of piperidine rings is 1. The van der Waals surface area contributed by atoms with Crippen molar-refractivity contribution in [3.05, 3.63) is 137 Å². The predicted molar refractivity (Wildman–Crippen MR) is 189 cm³/mol. The summed E-state index contributed by atoms with van der Waals surface area (Å²) in [6.07, 6.45) is 4.46. The van der Waals surface area contributed by atoms with Crippen LogP contribution in [-0.4, -0.2) is 63.4 Å². The van der Waals surface area contributed by atoms with Gasteiger partial charge in [-0.1, -0.05) is 96.6 Å². The average Bonchev–Trinajstić information content (AvgIpc) is 3.09. The van der Waals surface area contributed by atoms with Gasteiger partial charge in [-0.15, -0.1) is 0 Å². The molecule has 1 fully saturated rings. The van der Waals surface area contributed by atoms with E-state index < -0.39 is 24.9 Å². The molecule has 5 aromatic carbocycles. The highest BCUT2D eigenvalue weighted by atomic mass is 31.2. The summed E-state index contributed by atoms with van der Waals surface area (Å²) in [5, 5.41) is 2.70. The fourth-order valence-electron chi connectivity index (χ4n) is 6.51. The van der Waals surface area contributed by atoms with Crippen LogP contribution in [0.3, 0.4) is 0 Å². The highest BCUT2D eigenvalue weighted by Gasteiger charge is 2.40. The molecule has 0 spiro atoms. The molecule has 1 aliphatic rings. The molecule has 2 N–H and O–H groups in total. The number of aryl methyl sites for hydroxylation is 1. The van der Waals surface area contributed by atoms with Gasteiger partial charge in [-0.2, -0.15) is 0 Å². The van der Waals surface area contributed by atoms with Crippen molar-refractivity contribution in [1.29, 1.82) is 0 Å². The van der Waals surface area contributed by atoms with Crippen LogP contribution < -0.4 is 0 Å². The second-order valence-electron chi connectivity index (χ2n) is 12.4. The van der Waals surface area contributed by atoms with Crippen LogP contribution in [0.1, 0.15) is 55.9 Å². The SMILES string of the molecule is Cc1ccc(C=CC(=O)N2CCC(N(C)C(=O)c3cc4ccccc4cc3C(=O)C(c3cccc4ccccc34)P(=O)(O)O)CC2)cc1. The van der Waals surface area contributed by atoms with E-state index in [1.54, 1.807) is 77.5 Å². The lowest BCUT2D eigenvalue weighted by molar-refractivity contribution is -0.127. The van der Waals surface area contributed by atoms with E-state index in [1.165, 1.54) is 0 Å². The summed E-state index contributed by atoms with van der Waals surface area (Å²) in [6.45, 7) is 2.93. The second kappa shape index (κ2) is 13.7. The molecule has 6 rings (SSSR count). The molecule has 2 amide bonds. The van der Waals surface area contributed by atoms with Crippen molar-refractivity contribution in [2.45, 2.75) is 31.5 Å². The van der Waals surface area contributed by atoms with Gasteiger partial charge in [-0.05, 0) is 70.6 Å². The molecule has 0 radical (unpaired) electrons. The maximum Gasteiger partial charge on any atom is 0.340 e. The van der Waals surface area contributed by atoms with Gasteiger partial charge in [0.05, 0.1) is 5.56 Å². The third-order valence-electron chi connectivity index (χ3n) is 9.22. The Bertz CT molecular complexity index is 2090. The Kier molecular flexibility index (Phi) is 9.42. The number of likely N-dealkylation sites (tertiary alicyclic amines) is 1. The highest BCUT2D eigenvalue weighted by molar-refractivity contribution is 7.53. The lowest BCUT2D eigenvalue weighted by Crippen LogP contribution is -2.47. The zero-order valence-corrected chi connectivity index (χ0v) is 27.7. The monoisotopic (exact) mass is 660 g/mol. The van der Waals surface area contributed by atoms with Crippen LogP contribution >= 0.6 is 7.60 Å². The van der Waals surface area contributed by atoms with Gasteiger partial charge >= 0.3 is 7.60 Å². The van der Waals surface area contributed by atoms with E-state index in [4.69, 9.17) is 0 Å². The molecule has 1 aliphatic heterocycles. The number of Topliss-reactive ketones (excluding diaryl/α,β-unsaturated/α-hetero) is 1. The van der Waals surface area contributed by atoms with E-state index >= 15 is 0 Å². The summed E-state index contributed by atoms with van der Waals surface area (Å²) in [5.41, 5.74) is 0.533. The Labute approximate surface area is 279 Å². The van der Waals surface area contributed by atoms with Crippen LogP contribution in [-0.2, 0) is 9.36 Å². The van der Waals surface area contributed by atoms with Crippen LogP contribution in [0.2, 0.25) is 0 Å². The number of amides is 2. The molecule has 8 nitrogen and oxygen atoms in total. The van der Waals surface area contributed by atoms with E-state index in [0.717, 1.165) is 21.9 Å². The van der Waals surface area contributed by atoms with Gasteiger partial charge in [0.1, 0.15) is 5.66 Å². The van der Waals surface area contributed by atoms with E-state index in [2.05, 4.69) is 0 Å². The van der Waals surface area contributed by atoms with E-state index in [0.29, 0.717) is 36.7 Å². The van der Waals surface area contributed by atoms with Gasteiger partial charge in [0.25, 0.3) is 5.91 Å². The van der Waals surface area contributed by atoms with Crippen LogP contribution in [0.15, 0.2) is 109 Å². The number of hydrogen-bond donors (Lipinski definition) is 2. The summed E-state index contributed by atoms with van der Waals surface area (Å²) >= 11 is 0. The quantitative estimate of drug-likeness (QED) is 0.104. The van der Waals surface area contributed by atoms with Gasteiger partial charge in [-0.25, -0.2) is 0 Å². The Morgan fingerprint density at radius 2 is 1.40 bits per heavy atom. The fraction of sp³-hybridized carbons (Fsp3) is 0.205. The number of benzene rings is 5. The van der Waals surface area contributed by atoms with E-state index in [-0.39, 0.29) is 28.6 Å². The predicted octanol–water partition coefficient (Wildman–Crippen LogP) is 7.18. The summed E-state index contributed by atoms with van der Waals surface area (Å²) in [5.74, 6) is -1.33. The number of carbonyl (C=O) groups excluding carboxylic acids is 3. The molecule has 5 aromatic rings. The molecule has 1 atom stereocenters. The van der Waals surface area contributed by atoms with Gasteiger partial charge in [0.2, 0.25) is 5.91 Å². The molecule has 1 unspecified atom stereocenters. The van der Waals surface area contributed by atoms with Crippen molar-refractivity contribution < 1.29 is 28.7 Å². The van der Waals surface area contributed by atoms with Crippen LogP contribution in [0, 0.1) is 6.92 Å². The van der Waals surface area contributed by atoms with Gasteiger partial charge < -0.3 is 19.6 Å². The normalized spacial score (nSPS) is 14.8. The maximum absolute atomic E-state index is 14.4. The second-order valence-corrected chi connectivity index (χ2v) is 14.1. The van der Waals surface area contributed by atoms with Crippen molar-refractivity contribution in [2.24, 2.45) is 0 Å². The topological polar surface area (TPSA) is 115 Å². The Morgan fingerprint density at radius 1 is 0.812 bits per heavy atom. The lowest BCUT2D eigenvalue weighted by Gasteiger charge is -2.36. The van der Waals surface area contributed by atoms with Crippen LogP contribution in [0.4, 0.5) is 0 Å². The number of hydrogen-bond acceptors (Lipinski definition) is 4. The van der Waals surface area contributed by atoms with Crippen LogP contribution in [0.5, 0.6) is 0 Å². The van der Waals surface area contributed by atoms with Crippen molar-refractivity contribution >= 4 is 52.8 Å². The minimum absolute atomic E-state index is 0.0411. The Hall–Kier alpha value is -4.88. The molecule has 9 heteroatoms. The van der Waals surface area contributed by atoms with Crippen molar-refractivity contribution in [3.63, 3.8) is 0 Å². The van der Waals surface area contributed by atoms with Gasteiger partial charge in [0, 0.05) is 37.8 Å². The summed E-state index contributed by atoms with van der Waals surface area (Å²) in [4.78, 5) is 66.1. The van der Waals surface area contributed by atoms with Crippen molar-refractivity contribution in [2.75, 3.05) is 20.1 Å². The minimum Gasteiger partial charge on any atom is -0.339 e. The number of ketones is 1. The summed E-state index contributed by atoms with van der Waals surface area (Å²) < 4.78 is 13.1. The summed E-state index contributed by atoms with van der Waals surface area (Å²) in [7, 11) is -3.37. The molecule has 0 aliphatic carbocycles. The molecule has 0 bridgehead atoms. The van der Waals surface area contributed by atoms with Crippen molar-refractivity contribution in [1.82, 2.24) is 9.80 Å². The number of fused-ring (bicyclic) bond motifs is 2. The standard InChI is InChI=1S/C39H37N2O6P/c1-26-14-16-27(17-15-26)18-19-36(42)41-22-20-31(21-23-41)40(2)39(44)35-25-30-10-4-3-9-29(30)24-34(35)37(43)38(48(45,46)47)33-13-7-11-28-8-5-6-12-32(28)33/h3-19,24-25,31,38H,20-23H2,1-2H3,(H2,45,46,47). The van der Waals surface area contributed by atoms with Gasteiger partial charge in [-0.3, -0.25) is 18.9 Å². The first-order valence-corrected chi connectivity index (χ1v) is 17.6. The minimum atomic E-state index is -5.05. The van der Waals surface area contributed by atoms with Gasteiger partial charge in [0.15, 0.2) is 5.78 Å². The third kappa shape index (κ3) is 6.87. The largest absolute Gasteiger partial charge is 0.340 e. The summed E-state index contributed by atoms with van der Waals surface area (Å²) in [6, 6.07) is 30.3. The maximum atomic E-state index is 14.4. The highest BCUT2D eigenvalue weighted by Crippen LogP contribution is 2.55. The molecule has 1 saturated heterocycles. The van der Waals surface area contributed by atoms with Crippen molar-refractivity contribution in [3.8, 4) is 0 Å². The first kappa shape index (κ1) is 33.0. The number of nitrogens with zero attached hydrogens (tertiary/aromatic N) is 2. The molecule has 48 heavy (non-hydrogen) atoms. The third-order valence-corrected chi connectivity index (χ3v) is 10.4. The molecule has 244 valence electrons. The first-order chi connectivity index (χ1) is 23.0. The smallest absolute Gasteiger partial charge is 0.339 e. The fourth-order valence-corrected chi connectivity index (χ4v) is 7.54. The van der Waals surface area contributed by atoms with Crippen LogP contribution in [0.25, 0.3) is 27.6 Å².